The number of hydrogen-bond donors (Lipinski definition) is 3. The normalized spacial score (nSPS) is 17.4. The molecule has 0 bridgehead atoms. The molecule has 1 saturated heterocycles. The predicted molar refractivity (Wildman–Crippen MR) is 133 cm³/mol. The van der Waals surface area contributed by atoms with E-state index in [0.29, 0.717) is 18.3 Å². The zero-order valence-corrected chi connectivity index (χ0v) is 20.9. The van der Waals surface area contributed by atoms with Crippen LogP contribution in [0, 0.1) is 5.92 Å². The second-order valence-corrected chi connectivity index (χ2v) is 9.49. The van der Waals surface area contributed by atoms with Crippen LogP contribution in [0.5, 0.6) is 5.75 Å². The average Bonchev–Trinajstić information content (AvgIpc) is 3.01. The number of hydrogen-bond acceptors (Lipinski definition) is 5. The molecular formula is C27H30F3N3O5. The Labute approximate surface area is 218 Å². The Kier molecular flexibility index (Phi) is 8.25. The van der Waals surface area contributed by atoms with Crippen molar-refractivity contribution in [3.63, 3.8) is 0 Å². The molecule has 2 heterocycles. The van der Waals surface area contributed by atoms with E-state index in [0.717, 1.165) is 44.5 Å². The lowest BCUT2D eigenvalue weighted by molar-refractivity contribution is -0.138. The van der Waals surface area contributed by atoms with E-state index in [1.165, 1.54) is 11.0 Å². The Bertz CT molecular complexity index is 1210. The summed E-state index contributed by atoms with van der Waals surface area (Å²) in [6, 6.07) is 6.82. The molecule has 4 rings (SSSR count). The van der Waals surface area contributed by atoms with Crippen molar-refractivity contribution < 1.29 is 37.4 Å². The molecule has 2 amide bonds. The highest BCUT2D eigenvalue weighted by Crippen LogP contribution is 2.39. The number of aromatic carboxylic acids is 1. The maximum atomic E-state index is 13.7. The van der Waals surface area contributed by atoms with Crippen molar-refractivity contribution in [3.8, 4) is 5.75 Å². The van der Waals surface area contributed by atoms with Crippen molar-refractivity contribution in [2.45, 2.75) is 44.8 Å². The Morgan fingerprint density at radius 1 is 1.16 bits per heavy atom. The average molecular weight is 534 g/mol. The van der Waals surface area contributed by atoms with Crippen LogP contribution in [-0.4, -0.2) is 49.1 Å². The van der Waals surface area contributed by atoms with Gasteiger partial charge < -0.3 is 25.4 Å². The molecule has 0 spiro atoms. The minimum Gasteiger partial charge on any atom is -0.494 e. The van der Waals surface area contributed by atoms with E-state index >= 15 is 0 Å². The van der Waals surface area contributed by atoms with Crippen molar-refractivity contribution in [2.75, 3.05) is 31.1 Å². The maximum absolute atomic E-state index is 13.7. The fraction of sp³-hybridized carbons (Fsp3) is 0.444. The van der Waals surface area contributed by atoms with Crippen molar-refractivity contribution in [1.29, 1.82) is 0 Å². The third-order valence-electron chi connectivity index (χ3n) is 7.06. The lowest BCUT2D eigenvalue weighted by atomic mass is 9.95. The number of benzene rings is 2. The highest BCUT2D eigenvalue weighted by Gasteiger charge is 2.38. The van der Waals surface area contributed by atoms with Gasteiger partial charge in [-0.2, -0.15) is 13.2 Å². The van der Waals surface area contributed by atoms with Gasteiger partial charge in [-0.15, -0.1) is 0 Å². The number of rotatable bonds is 8. The Morgan fingerprint density at radius 2 is 1.89 bits per heavy atom. The van der Waals surface area contributed by atoms with Gasteiger partial charge in [0.15, 0.2) is 0 Å². The van der Waals surface area contributed by atoms with E-state index in [-0.39, 0.29) is 29.8 Å². The van der Waals surface area contributed by atoms with E-state index in [4.69, 9.17) is 4.74 Å². The topological polar surface area (TPSA) is 108 Å². The van der Waals surface area contributed by atoms with Crippen LogP contribution in [0.15, 0.2) is 36.4 Å². The first-order valence-corrected chi connectivity index (χ1v) is 12.6. The Morgan fingerprint density at radius 3 is 2.55 bits per heavy atom. The summed E-state index contributed by atoms with van der Waals surface area (Å²) in [5, 5.41) is 15.1. The molecule has 2 aromatic carbocycles. The first-order valence-electron chi connectivity index (χ1n) is 12.6. The summed E-state index contributed by atoms with van der Waals surface area (Å²) in [4.78, 5) is 38.7. The van der Waals surface area contributed by atoms with Crippen molar-refractivity contribution in [3.05, 3.63) is 58.7 Å². The second-order valence-electron chi connectivity index (χ2n) is 9.49. The third kappa shape index (κ3) is 5.93. The fourth-order valence-electron chi connectivity index (χ4n) is 5.08. The lowest BCUT2D eigenvalue weighted by Crippen LogP contribution is -2.39. The number of alkyl halides is 3. The van der Waals surface area contributed by atoms with Gasteiger partial charge >= 0.3 is 12.1 Å². The number of carboxylic acid groups (broad SMARTS) is 1. The number of carbonyl (C=O) groups is 3. The summed E-state index contributed by atoms with van der Waals surface area (Å²) in [7, 11) is 0. The summed E-state index contributed by atoms with van der Waals surface area (Å²) in [6.45, 7) is 3.80. The number of carboxylic acids is 1. The number of nitrogens with one attached hydrogen (secondary N) is 2. The second kappa shape index (κ2) is 11.4. The number of nitrogens with zero attached hydrogens (tertiary/aromatic N) is 1. The summed E-state index contributed by atoms with van der Waals surface area (Å²) in [6.07, 6.45) is -1.65. The molecule has 38 heavy (non-hydrogen) atoms. The molecular weight excluding hydrogens is 503 g/mol. The molecule has 2 aromatic rings. The molecule has 1 unspecified atom stereocenters. The number of halogens is 3. The largest absolute Gasteiger partial charge is 0.494 e. The standard InChI is InChI=1S/C27H30F3N3O5/c1-2-22(17-3-5-19(26(36)37)21(13-17)27(28,29)30)33-23-6-4-18(14-20(23)25(35)32-15-24(33)34)38-12-9-16-7-10-31-11-8-16/h3-6,13-14,16,22,31H,2,7-12,15H2,1H3,(H,32,35)(H,36,37). The van der Waals surface area contributed by atoms with Gasteiger partial charge in [0.25, 0.3) is 5.91 Å². The first kappa shape index (κ1) is 27.4. The highest BCUT2D eigenvalue weighted by atomic mass is 19.4. The minimum absolute atomic E-state index is 0.112. The van der Waals surface area contributed by atoms with Crippen LogP contribution in [0.3, 0.4) is 0 Å². The molecule has 11 heteroatoms. The number of piperidine rings is 1. The number of carbonyl (C=O) groups excluding carboxylic acids is 2. The third-order valence-corrected chi connectivity index (χ3v) is 7.06. The number of amides is 2. The zero-order chi connectivity index (χ0) is 27.4. The van der Waals surface area contributed by atoms with E-state index in [9.17, 15) is 32.7 Å². The smallest absolute Gasteiger partial charge is 0.417 e. The van der Waals surface area contributed by atoms with Crippen LogP contribution in [-0.2, 0) is 11.0 Å². The molecule has 1 atom stereocenters. The molecule has 2 aliphatic heterocycles. The summed E-state index contributed by atoms with van der Waals surface area (Å²) in [5.74, 6) is -1.67. The van der Waals surface area contributed by atoms with E-state index in [1.807, 2.05) is 0 Å². The lowest BCUT2D eigenvalue weighted by Gasteiger charge is -2.32. The molecule has 0 radical (unpaired) electrons. The first-order chi connectivity index (χ1) is 18.1. The molecule has 0 aromatic heterocycles. The summed E-state index contributed by atoms with van der Waals surface area (Å²) < 4.78 is 46.9. The van der Waals surface area contributed by atoms with Gasteiger partial charge in [0.1, 0.15) is 5.75 Å². The van der Waals surface area contributed by atoms with Gasteiger partial charge in [-0.05, 0) is 80.6 Å². The number of ether oxygens (including phenoxy) is 1. The van der Waals surface area contributed by atoms with Crippen LogP contribution in [0.2, 0.25) is 0 Å². The highest BCUT2D eigenvalue weighted by molar-refractivity contribution is 6.10. The fourth-order valence-corrected chi connectivity index (χ4v) is 5.08. The summed E-state index contributed by atoms with van der Waals surface area (Å²) >= 11 is 0. The van der Waals surface area contributed by atoms with Gasteiger partial charge in [0, 0.05) is 0 Å². The van der Waals surface area contributed by atoms with Crippen LogP contribution in [0.1, 0.15) is 70.5 Å². The van der Waals surface area contributed by atoms with Gasteiger partial charge in [-0.25, -0.2) is 4.79 Å². The van der Waals surface area contributed by atoms with Gasteiger partial charge in [0.05, 0.1) is 41.6 Å². The Hall–Kier alpha value is -3.60. The maximum Gasteiger partial charge on any atom is 0.417 e. The zero-order valence-electron chi connectivity index (χ0n) is 20.9. The molecule has 204 valence electrons. The van der Waals surface area contributed by atoms with Crippen molar-refractivity contribution in [1.82, 2.24) is 10.6 Å². The predicted octanol–water partition coefficient (Wildman–Crippen LogP) is 4.40. The van der Waals surface area contributed by atoms with Crippen LogP contribution < -0.4 is 20.3 Å². The monoisotopic (exact) mass is 533 g/mol. The van der Waals surface area contributed by atoms with Crippen LogP contribution >= 0.6 is 0 Å². The quantitative estimate of drug-likeness (QED) is 0.464. The molecule has 0 aliphatic carbocycles. The molecule has 3 N–H and O–H groups in total. The Balaban J connectivity index is 1.65. The van der Waals surface area contributed by atoms with Gasteiger partial charge in [-0.3, -0.25) is 9.59 Å². The molecule has 2 aliphatic rings. The minimum atomic E-state index is -4.90. The van der Waals surface area contributed by atoms with E-state index < -0.39 is 41.1 Å². The molecule has 0 saturated carbocycles. The van der Waals surface area contributed by atoms with Crippen molar-refractivity contribution in [2.24, 2.45) is 5.92 Å². The summed E-state index contributed by atoms with van der Waals surface area (Å²) in [5.41, 5.74) is -1.64. The van der Waals surface area contributed by atoms with Gasteiger partial charge in [-0.1, -0.05) is 13.0 Å². The SMILES string of the molecule is CCC(c1ccc(C(=O)O)c(C(F)(F)F)c1)N1C(=O)CNC(=O)c2cc(OCCC3CCNCC3)ccc21. The van der Waals surface area contributed by atoms with Crippen LogP contribution in [0.4, 0.5) is 18.9 Å². The molecule has 8 nitrogen and oxygen atoms in total. The molecule has 1 fully saturated rings. The van der Waals surface area contributed by atoms with E-state index in [2.05, 4.69) is 10.6 Å². The van der Waals surface area contributed by atoms with Crippen molar-refractivity contribution >= 4 is 23.5 Å². The van der Waals surface area contributed by atoms with E-state index in [1.54, 1.807) is 25.1 Å². The van der Waals surface area contributed by atoms with Gasteiger partial charge in [0.2, 0.25) is 5.91 Å². The number of fused-ring (bicyclic) bond motifs is 1. The van der Waals surface area contributed by atoms with Crippen LogP contribution in [0.25, 0.3) is 0 Å². The number of anilines is 1.